The molecule has 0 spiro atoms. The summed E-state index contributed by atoms with van der Waals surface area (Å²) in [5, 5.41) is 11.2. The Morgan fingerprint density at radius 2 is 1.79 bits per heavy atom. The number of anilines is 2. The van der Waals surface area contributed by atoms with E-state index in [9.17, 15) is 23.9 Å². The number of carbonyl (C=O) groups is 3. The second-order valence-corrected chi connectivity index (χ2v) is 12.0. The fourth-order valence-electron chi connectivity index (χ4n) is 6.67. The summed E-state index contributed by atoms with van der Waals surface area (Å²) < 4.78 is 30.9. The van der Waals surface area contributed by atoms with Crippen LogP contribution in [0, 0.1) is 24.5 Å². The summed E-state index contributed by atoms with van der Waals surface area (Å²) in [5.74, 6) is -2.59. The lowest BCUT2D eigenvalue weighted by Crippen LogP contribution is -2.42. The number of aromatic amines is 1. The number of H-pyrrole nitrogens is 1. The average molecular weight is 587 g/mol. The Bertz CT molecular complexity index is 1860. The van der Waals surface area contributed by atoms with Gasteiger partial charge in [0.15, 0.2) is 5.78 Å². The number of aliphatic hydroxyl groups is 1. The Balaban J connectivity index is 1.53. The van der Waals surface area contributed by atoms with Crippen molar-refractivity contribution in [2.75, 3.05) is 23.4 Å². The average Bonchev–Trinajstić information content (AvgIpc) is 3.29. The maximum Gasteiger partial charge on any atom is 0.329 e. The zero-order chi connectivity index (χ0) is 31.0. The number of fused-ring (bicyclic) bond motifs is 4. The quantitative estimate of drug-likeness (QED) is 0.286. The number of benzene rings is 3. The van der Waals surface area contributed by atoms with Gasteiger partial charge in [-0.3, -0.25) is 19.4 Å². The number of nitrogens with two attached hydrogens (primary N) is 1. The third kappa shape index (κ3) is 4.48. The van der Waals surface area contributed by atoms with Crippen LogP contribution >= 0.6 is 0 Å². The highest BCUT2D eigenvalue weighted by molar-refractivity contribution is 6.17. The van der Waals surface area contributed by atoms with Gasteiger partial charge in [-0.2, -0.15) is 0 Å². The molecule has 43 heavy (non-hydrogen) atoms. The van der Waals surface area contributed by atoms with Crippen molar-refractivity contribution in [2.45, 2.75) is 45.6 Å². The molecule has 4 aromatic rings. The zero-order valence-corrected chi connectivity index (χ0v) is 24.3. The van der Waals surface area contributed by atoms with Gasteiger partial charge in [-0.25, -0.2) is 13.6 Å². The van der Waals surface area contributed by atoms with E-state index in [1.165, 1.54) is 30.1 Å². The molecule has 1 aliphatic carbocycles. The molecule has 6 rings (SSSR count). The third-order valence-corrected chi connectivity index (χ3v) is 8.99. The summed E-state index contributed by atoms with van der Waals surface area (Å²) in [7, 11) is 1.41. The van der Waals surface area contributed by atoms with Gasteiger partial charge in [0.05, 0.1) is 28.9 Å². The highest BCUT2D eigenvalue weighted by atomic mass is 19.1. The van der Waals surface area contributed by atoms with Crippen LogP contribution in [0.1, 0.15) is 57.8 Å². The Hall–Kier alpha value is -4.57. The van der Waals surface area contributed by atoms with Crippen LogP contribution in [0.3, 0.4) is 0 Å². The fourth-order valence-corrected chi connectivity index (χ4v) is 6.67. The largest absolute Gasteiger partial charge is 0.390 e. The van der Waals surface area contributed by atoms with Crippen LogP contribution in [-0.2, 0) is 12.8 Å². The Morgan fingerprint density at radius 3 is 2.49 bits per heavy atom. The lowest BCUT2D eigenvalue weighted by molar-refractivity contribution is 0.0107. The molecule has 2 heterocycles. The molecular weight excluding hydrogens is 554 g/mol. The van der Waals surface area contributed by atoms with E-state index in [1.54, 1.807) is 39.0 Å². The maximum absolute atomic E-state index is 16.1. The van der Waals surface area contributed by atoms with Gasteiger partial charge in [-0.05, 0) is 86.9 Å². The highest BCUT2D eigenvalue weighted by Gasteiger charge is 2.36. The molecule has 0 saturated heterocycles. The number of aryl methyl sites for hydroxylation is 1. The number of ketones is 1. The first-order valence-corrected chi connectivity index (χ1v) is 14.1. The number of carbonyl (C=O) groups excluding carboxylic acids is 3. The number of urea groups is 1. The van der Waals surface area contributed by atoms with Crippen molar-refractivity contribution < 1.29 is 28.3 Å². The van der Waals surface area contributed by atoms with Gasteiger partial charge in [-0.1, -0.05) is 18.2 Å². The molecule has 8 nitrogen and oxygen atoms in total. The van der Waals surface area contributed by atoms with Crippen LogP contribution in [0.15, 0.2) is 42.5 Å². The minimum Gasteiger partial charge on any atom is -0.390 e. The number of para-hydroxylation sites is 1. The predicted octanol–water partition coefficient (Wildman–Crippen LogP) is 5.66. The van der Waals surface area contributed by atoms with Gasteiger partial charge in [-0.15, -0.1) is 0 Å². The molecule has 4 N–H and O–H groups in total. The summed E-state index contributed by atoms with van der Waals surface area (Å²) in [5.41, 5.74) is 8.47. The van der Waals surface area contributed by atoms with Crippen molar-refractivity contribution in [1.29, 1.82) is 0 Å². The number of hydrogen-bond donors (Lipinski definition) is 3. The van der Waals surface area contributed by atoms with E-state index in [0.717, 1.165) is 22.2 Å². The monoisotopic (exact) mass is 586 g/mol. The van der Waals surface area contributed by atoms with Crippen LogP contribution in [0.4, 0.5) is 25.0 Å². The smallest absolute Gasteiger partial charge is 0.329 e. The second kappa shape index (κ2) is 10.0. The molecular formula is C33H32F2N4O4. The molecule has 3 aromatic carbocycles. The normalized spacial score (nSPS) is 17.2. The van der Waals surface area contributed by atoms with Crippen LogP contribution in [-0.4, -0.2) is 47.0 Å². The first-order chi connectivity index (χ1) is 20.3. The number of aromatic nitrogens is 1. The lowest BCUT2D eigenvalue weighted by atomic mass is 9.77. The molecule has 0 bridgehead atoms. The van der Waals surface area contributed by atoms with Crippen molar-refractivity contribution in [3.8, 4) is 11.1 Å². The number of rotatable bonds is 4. The number of amides is 3. The first-order valence-electron chi connectivity index (χ1n) is 14.1. The zero-order valence-electron chi connectivity index (χ0n) is 24.3. The van der Waals surface area contributed by atoms with E-state index < -0.39 is 35.0 Å². The molecule has 0 radical (unpaired) electrons. The van der Waals surface area contributed by atoms with Crippen LogP contribution in [0.5, 0.6) is 0 Å². The predicted molar refractivity (Wildman–Crippen MR) is 161 cm³/mol. The number of Topliss-reactive ketones (excluding diaryl/α,β-unsaturated/α-hetero) is 1. The maximum atomic E-state index is 16.1. The minimum atomic E-state index is -0.923. The standard InChI is InChI=1S/C33H32F2N4O4/c1-16-18(7-6-10-25(16)39-15-26(40)20-8-5-9-22(34)30(20)38(4)32(39)42)27-23(35)14-21(31(36)41)29-28(27)19-12-11-17(33(2,3)43)13-24(19)37-29/h5-10,14,17,37,43H,11-13,15H2,1-4H3,(H2,36,41)/t17-/m0/s1. The van der Waals surface area contributed by atoms with E-state index in [0.29, 0.717) is 47.0 Å². The second-order valence-electron chi connectivity index (χ2n) is 12.0. The molecule has 3 amide bonds. The Kier molecular flexibility index (Phi) is 6.65. The molecule has 2 aliphatic rings. The summed E-state index contributed by atoms with van der Waals surface area (Å²) in [6.45, 7) is 4.93. The first kappa shape index (κ1) is 28.5. The van der Waals surface area contributed by atoms with E-state index >= 15 is 4.39 Å². The molecule has 1 aliphatic heterocycles. The molecule has 0 fully saturated rings. The molecule has 1 atom stereocenters. The van der Waals surface area contributed by atoms with E-state index in [-0.39, 0.29) is 34.8 Å². The van der Waals surface area contributed by atoms with Crippen LogP contribution < -0.4 is 15.5 Å². The third-order valence-electron chi connectivity index (χ3n) is 8.99. The van der Waals surface area contributed by atoms with Gasteiger partial charge in [0.1, 0.15) is 11.6 Å². The number of primary amides is 1. The number of nitrogens with one attached hydrogen (secondary N) is 1. The molecule has 10 heteroatoms. The Labute approximate surface area is 247 Å². The Morgan fingerprint density at radius 1 is 1.09 bits per heavy atom. The highest BCUT2D eigenvalue weighted by Crippen LogP contribution is 2.44. The van der Waals surface area contributed by atoms with E-state index in [2.05, 4.69) is 4.98 Å². The van der Waals surface area contributed by atoms with Crippen molar-refractivity contribution in [3.63, 3.8) is 0 Å². The van der Waals surface area contributed by atoms with Crippen molar-refractivity contribution in [1.82, 2.24) is 4.98 Å². The lowest BCUT2D eigenvalue weighted by Gasteiger charge is -2.32. The SMILES string of the molecule is Cc1c(-c2c(F)cc(C(N)=O)c3[nH]c4c(c23)CC[C@H](C(C)(C)O)C4)cccc1N1CC(=O)c2cccc(F)c2N(C)C1=O. The molecule has 222 valence electrons. The van der Waals surface area contributed by atoms with Crippen molar-refractivity contribution in [3.05, 3.63) is 82.0 Å². The van der Waals surface area contributed by atoms with Crippen LogP contribution in [0.2, 0.25) is 0 Å². The van der Waals surface area contributed by atoms with Gasteiger partial charge in [0.25, 0.3) is 5.91 Å². The van der Waals surface area contributed by atoms with Gasteiger partial charge in [0, 0.05) is 34.9 Å². The molecule has 1 aromatic heterocycles. The topological polar surface area (TPSA) is 120 Å². The van der Waals surface area contributed by atoms with E-state index in [4.69, 9.17) is 5.73 Å². The number of nitrogens with zero attached hydrogens (tertiary/aromatic N) is 2. The molecule has 0 saturated carbocycles. The van der Waals surface area contributed by atoms with Crippen molar-refractivity contribution in [2.24, 2.45) is 11.7 Å². The van der Waals surface area contributed by atoms with E-state index in [1.807, 2.05) is 0 Å². The van der Waals surface area contributed by atoms with Gasteiger partial charge < -0.3 is 15.8 Å². The molecule has 0 unspecified atom stereocenters. The van der Waals surface area contributed by atoms with Gasteiger partial charge in [0.2, 0.25) is 0 Å². The number of hydrogen-bond acceptors (Lipinski definition) is 4. The van der Waals surface area contributed by atoms with Crippen LogP contribution in [0.25, 0.3) is 22.0 Å². The fraction of sp³-hybridized carbons (Fsp3) is 0.303. The number of halogens is 2. The van der Waals surface area contributed by atoms with Crippen molar-refractivity contribution >= 4 is 40.0 Å². The minimum absolute atomic E-state index is 0.0222. The summed E-state index contributed by atoms with van der Waals surface area (Å²) in [6.07, 6.45) is 1.73. The summed E-state index contributed by atoms with van der Waals surface area (Å²) in [4.78, 5) is 45.0. The summed E-state index contributed by atoms with van der Waals surface area (Å²) >= 11 is 0. The summed E-state index contributed by atoms with van der Waals surface area (Å²) in [6, 6.07) is 9.69. The van der Waals surface area contributed by atoms with Gasteiger partial charge >= 0.3 is 6.03 Å².